The minimum atomic E-state index is -0.316. The van der Waals surface area contributed by atoms with Gasteiger partial charge in [-0.1, -0.05) is 42.4 Å². The van der Waals surface area contributed by atoms with Gasteiger partial charge >= 0.3 is 0 Å². The van der Waals surface area contributed by atoms with Gasteiger partial charge in [0.1, 0.15) is 5.82 Å². The number of benzene rings is 1. The van der Waals surface area contributed by atoms with Crippen LogP contribution in [0.25, 0.3) is 10.2 Å². The smallest absolute Gasteiger partial charge is 0.236 e. The molecule has 1 N–H and O–H groups in total. The van der Waals surface area contributed by atoms with Gasteiger partial charge in [0.15, 0.2) is 5.13 Å². The summed E-state index contributed by atoms with van der Waals surface area (Å²) in [4.78, 5) is 16.5. The molecular weight excluding hydrogens is 375 g/mol. The molecule has 1 amide bonds. The summed E-state index contributed by atoms with van der Waals surface area (Å²) in [6.45, 7) is 0. The third-order valence-electron chi connectivity index (χ3n) is 4.31. The Labute approximate surface area is 157 Å². The topological polar surface area (TPSA) is 85.6 Å². The Morgan fingerprint density at radius 2 is 2.19 bits per heavy atom. The van der Waals surface area contributed by atoms with Crippen LogP contribution in [-0.2, 0) is 4.79 Å². The van der Waals surface area contributed by atoms with Crippen molar-refractivity contribution in [3.05, 3.63) is 24.0 Å². The summed E-state index contributed by atoms with van der Waals surface area (Å²) >= 11 is 2.57. The van der Waals surface area contributed by atoms with E-state index in [9.17, 15) is 9.18 Å². The molecule has 0 unspecified atom stereocenters. The van der Waals surface area contributed by atoms with Crippen LogP contribution in [0.5, 0.6) is 0 Å². The minimum Gasteiger partial charge on any atom is -0.301 e. The normalized spacial score (nSPS) is 15.4. The number of hydrogen-bond acceptors (Lipinski definition) is 7. The summed E-state index contributed by atoms with van der Waals surface area (Å²) in [5.74, 6) is -0.311. The number of thiazole rings is 1. The van der Waals surface area contributed by atoms with Gasteiger partial charge in [-0.25, -0.2) is 14.1 Å². The average Bonchev–Trinajstić information content (AvgIpc) is 3.26. The van der Waals surface area contributed by atoms with Crippen molar-refractivity contribution in [2.75, 3.05) is 11.1 Å². The number of nitrogens with zero attached hydrogens (tertiary/aromatic N) is 5. The standard InChI is InChI=1S/C16H17FN6OS2/c17-10-6-7-12-13(8-10)26-15(18-12)19-14(24)9-25-16-20-21-22-23(16)11-4-2-1-3-5-11/h6-8,11H,1-5,9H2,(H,18,19,24). The summed E-state index contributed by atoms with van der Waals surface area (Å²) < 4.78 is 15.8. The van der Waals surface area contributed by atoms with Gasteiger partial charge in [-0.3, -0.25) is 4.79 Å². The first-order chi connectivity index (χ1) is 12.7. The molecule has 26 heavy (non-hydrogen) atoms. The molecule has 1 aliphatic carbocycles. The number of tetrazole rings is 1. The molecule has 10 heteroatoms. The molecule has 0 saturated heterocycles. The first kappa shape index (κ1) is 17.3. The fraction of sp³-hybridized carbons (Fsp3) is 0.438. The highest BCUT2D eigenvalue weighted by Crippen LogP contribution is 2.30. The molecule has 0 aliphatic heterocycles. The summed E-state index contributed by atoms with van der Waals surface area (Å²) in [5, 5.41) is 15.8. The van der Waals surface area contributed by atoms with Crippen LogP contribution in [0.15, 0.2) is 23.4 Å². The van der Waals surface area contributed by atoms with Crippen LogP contribution in [0, 0.1) is 5.82 Å². The highest BCUT2D eigenvalue weighted by atomic mass is 32.2. The molecule has 0 bridgehead atoms. The van der Waals surface area contributed by atoms with Crippen molar-refractivity contribution in [3.63, 3.8) is 0 Å². The number of hydrogen-bond donors (Lipinski definition) is 1. The van der Waals surface area contributed by atoms with Crippen LogP contribution in [0.1, 0.15) is 38.1 Å². The Kier molecular flexibility index (Phi) is 5.11. The third kappa shape index (κ3) is 3.85. The number of carbonyl (C=O) groups is 1. The lowest BCUT2D eigenvalue weighted by atomic mass is 9.96. The van der Waals surface area contributed by atoms with E-state index in [1.165, 1.54) is 54.5 Å². The maximum Gasteiger partial charge on any atom is 0.236 e. The SMILES string of the molecule is O=C(CSc1nnnn1C1CCCCC1)Nc1nc2ccc(F)cc2s1. The maximum atomic E-state index is 13.2. The zero-order chi connectivity index (χ0) is 17.9. The second kappa shape index (κ2) is 7.67. The lowest BCUT2D eigenvalue weighted by Crippen LogP contribution is -2.17. The summed E-state index contributed by atoms with van der Waals surface area (Å²) in [7, 11) is 0. The lowest BCUT2D eigenvalue weighted by Gasteiger charge is -2.21. The van der Waals surface area contributed by atoms with E-state index in [2.05, 4.69) is 25.8 Å². The maximum absolute atomic E-state index is 13.2. The number of nitrogens with one attached hydrogen (secondary N) is 1. The molecule has 1 aliphatic rings. The van der Waals surface area contributed by atoms with Crippen molar-refractivity contribution in [2.45, 2.75) is 43.3 Å². The van der Waals surface area contributed by atoms with Gasteiger partial charge in [0.2, 0.25) is 11.1 Å². The molecule has 2 aromatic heterocycles. The predicted octanol–water partition coefficient (Wildman–Crippen LogP) is 3.66. The molecule has 136 valence electrons. The Morgan fingerprint density at radius 3 is 3.04 bits per heavy atom. The Balaban J connectivity index is 1.37. The monoisotopic (exact) mass is 392 g/mol. The van der Waals surface area contributed by atoms with Gasteiger partial charge in [-0.2, -0.15) is 0 Å². The lowest BCUT2D eigenvalue weighted by molar-refractivity contribution is -0.113. The van der Waals surface area contributed by atoms with Crippen LogP contribution in [0.4, 0.5) is 9.52 Å². The number of fused-ring (bicyclic) bond motifs is 1. The molecule has 7 nitrogen and oxygen atoms in total. The van der Waals surface area contributed by atoms with E-state index in [4.69, 9.17) is 0 Å². The van der Waals surface area contributed by atoms with E-state index in [0.29, 0.717) is 26.5 Å². The predicted molar refractivity (Wildman–Crippen MR) is 98.9 cm³/mol. The van der Waals surface area contributed by atoms with E-state index >= 15 is 0 Å². The molecule has 4 rings (SSSR count). The van der Waals surface area contributed by atoms with Crippen molar-refractivity contribution in [3.8, 4) is 0 Å². The quantitative estimate of drug-likeness (QED) is 0.667. The van der Waals surface area contributed by atoms with E-state index in [1.54, 1.807) is 6.07 Å². The second-order valence-corrected chi connectivity index (χ2v) is 8.14. The number of carbonyl (C=O) groups excluding carboxylic acids is 1. The van der Waals surface area contributed by atoms with Gasteiger partial charge in [-0.15, -0.1) is 5.10 Å². The molecule has 1 saturated carbocycles. The largest absolute Gasteiger partial charge is 0.301 e. The van der Waals surface area contributed by atoms with Crippen LogP contribution in [0.2, 0.25) is 0 Å². The minimum absolute atomic E-state index is 0.187. The van der Waals surface area contributed by atoms with Crippen molar-refractivity contribution in [1.82, 2.24) is 25.2 Å². The van der Waals surface area contributed by atoms with Crippen molar-refractivity contribution in [2.24, 2.45) is 0 Å². The van der Waals surface area contributed by atoms with Gasteiger partial charge in [-0.05, 0) is 41.5 Å². The number of halogens is 1. The highest BCUT2D eigenvalue weighted by Gasteiger charge is 2.21. The van der Waals surface area contributed by atoms with Crippen LogP contribution in [0.3, 0.4) is 0 Å². The summed E-state index contributed by atoms with van der Waals surface area (Å²) in [6, 6.07) is 4.69. The zero-order valence-corrected chi connectivity index (χ0v) is 15.5. The summed E-state index contributed by atoms with van der Waals surface area (Å²) in [6.07, 6.45) is 5.79. The number of aromatic nitrogens is 5. The Hall–Kier alpha value is -2.07. The molecule has 1 aromatic carbocycles. The Morgan fingerprint density at radius 1 is 1.35 bits per heavy atom. The summed E-state index contributed by atoms with van der Waals surface area (Å²) in [5.41, 5.74) is 0.667. The number of thioether (sulfide) groups is 1. The molecule has 2 heterocycles. The average molecular weight is 392 g/mol. The van der Waals surface area contributed by atoms with Crippen molar-refractivity contribution < 1.29 is 9.18 Å². The molecule has 0 radical (unpaired) electrons. The van der Waals surface area contributed by atoms with Gasteiger partial charge in [0, 0.05) is 0 Å². The fourth-order valence-corrected chi connectivity index (χ4v) is 4.72. The third-order valence-corrected chi connectivity index (χ3v) is 6.18. The van der Waals surface area contributed by atoms with Crippen LogP contribution in [-0.4, -0.2) is 36.9 Å². The Bertz CT molecular complexity index is 921. The van der Waals surface area contributed by atoms with E-state index in [0.717, 1.165) is 12.8 Å². The molecule has 1 fully saturated rings. The number of amides is 1. The number of rotatable bonds is 5. The first-order valence-corrected chi connectivity index (χ1v) is 10.3. The van der Waals surface area contributed by atoms with Gasteiger partial charge < -0.3 is 5.32 Å². The first-order valence-electron chi connectivity index (χ1n) is 8.45. The van der Waals surface area contributed by atoms with Gasteiger partial charge in [0.25, 0.3) is 0 Å². The molecule has 3 aromatic rings. The van der Waals surface area contributed by atoms with E-state index in [1.807, 2.05) is 4.68 Å². The second-order valence-electron chi connectivity index (χ2n) is 6.17. The van der Waals surface area contributed by atoms with Crippen molar-refractivity contribution in [1.29, 1.82) is 0 Å². The van der Waals surface area contributed by atoms with Crippen LogP contribution < -0.4 is 5.32 Å². The zero-order valence-electron chi connectivity index (χ0n) is 13.9. The molecule has 0 spiro atoms. The number of anilines is 1. The van der Waals surface area contributed by atoms with Crippen molar-refractivity contribution >= 4 is 44.4 Å². The fourth-order valence-electron chi connectivity index (χ4n) is 3.07. The van der Waals surface area contributed by atoms with Gasteiger partial charge in [0.05, 0.1) is 22.0 Å². The van der Waals surface area contributed by atoms with Crippen LogP contribution >= 0.6 is 23.1 Å². The molecular formula is C16H17FN6OS2. The molecule has 0 atom stereocenters. The highest BCUT2D eigenvalue weighted by molar-refractivity contribution is 7.99. The van der Waals surface area contributed by atoms with E-state index < -0.39 is 0 Å². The van der Waals surface area contributed by atoms with E-state index in [-0.39, 0.29) is 17.5 Å².